The van der Waals surface area contributed by atoms with Gasteiger partial charge in [0.2, 0.25) is 0 Å². The number of rotatable bonds is 4. The minimum Gasteiger partial charge on any atom is -0.598 e. The number of fused-ring (bicyclic) bond motifs is 4. The molecule has 0 bridgehead atoms. The van der Waals surface area contributed by atoms with Crippen LogP contribution in [-0.4, -0.2) is 33.6 Å². The lowest BCUT2D eigenvalue weighted by Gasteiger charge is -2.27. The Balaban J connectivity index is 1.67. The summed E-state index contributed by atoms with van der Waals surface area (Å²) in [7, 11) is 0. The zero-order valence-electron chi connectivity index (χ0n) is 20.0. The highest BCUT2D eigenvalue weighted by Crippen LogP contribution is 2.31. The number of nitrogens with one attached hydrogen (secondary N) is 1. The molecule has 0 saturated heterocycles. The van der Waals surface area contributed by atoms with E-state index in [9.17, 15) is 9.35 Å². The number of benzene rings is 1. The molecule has 9 heteroatoms. The Hall–Kier alpha value is -3.01. The van der Waals surface area contributed by atoms with E-state index >= 15 is 0 Å². The molecule has 0 aliphatic carbocycles. The van der Waals surface area contributed by atoms with E-state index in [4.69, 9.17) is 10.1 Å². The van der Waals surface area contributed by atoms with Crippen LogP contribution in [0.5, 0.6) is 0 Å². The smallest absolute Gasteiger partial charge is 0.261 e. The largest absolute Gasteiger partial charge is 0.598 e. The van der Waals surface area contributed by atoms with Crippen LogP contribution in [0.3, 0.4) is 0 Å². The van der Waals surface area contributed by atoms with Crippen molar-refractivity contribution in [2.75, 3.05) is 0 Å². The van der Waals surface area contributed by atoms with Gasteiger partial charge in [0.1, 0.15) is 10.6 Å². The topological polar surface area (TPSA) is 101 Å². The van der Waals surface area contributed by atoms with E-state index in [1.807, 2.05) is 71.1 Å². The molecule has 176 valence electrons. The molecule has 8 nitrogen and oxygen atoms in total. The van der Waals surface area contributed by atoms with Gasteiger partial charge in [-0.15, -0.1) is 4.72 Å². The molecule has 1 unspecified atom stereocenters. The molecule has 0 fully saturated rings. The van der Waals surface area contributed by atoms with Gasteiger partial charge in [0, 0.05) is 42.3 Å². The fraction of sp³-hybridized carbons (Fsp3) is 0.360. The summed E-state index contributed by atoms with van der Waals surface area (Å²) in [6.07, 6.45) is 4.27. The van der Waals surface area contributed by atoms with Crippen LogP contribution in [0.2, 0.25) is 0 Å². The zero-order chi connectivity index (χ0) is 24.2. The van der Waals surface area contributed by atoms with Crippen molar-refractivity contribution in [3.63, 3.8) is 0 Å². The normalized spacial score (nSPS) is 15.1. The van der Waals surface area contributed by atoms with Crippen LogP contribution in [0.4, 0.5) is 0 Å². The summed E-state index contributed by atoms with van der Waals surface area (Å²) in [5, 5.41) is 5.29. The molecule has 4 aromatic rings. The van der Waals surface area contributed by atoms with Crippen LogP contribution < -0.4 is 10.3 Å². The summed E-state index contributed by atoms with van der Waals surface area (Å²) in [4.78, 5) is 23.0. The van der Waals surface area contributed by atoms with Crippen LogP contribution in [0, 0.1) is 6.92 Å². The molecule has 2 atom stereocenters. The first kappa shape index (κ1) is 22.8. The third-order valence-electron chi connectivity index (χ3n) is 6.03. The molecule has 1 aliphatic heterocycles. The molecule has 0 radical (unpaired) electrons. The summed E-state index contributed by atoms with van der Waals surface area (Å²) < 4.78 is 19.0. The molecule has 3 aromatic heterocycles. The molecule has 34 heavy (non-hydrogen) atoms. The van der Waals surface area contributed by atoms with E-state index in [-0.39, 0.29) is 11.6 Å². The maximum atomic E-state index is 13.6. The van der Waals surface area contributed by atoms with Crippen molar-refractivity contribution in [2.45, 2.75) is 58.4 Å². The summed E-state index contributed by atoms with van der Waals surface area (Å²) >= 11 is -1.26. The van der Waals surface area contributed by atoms with Crippen molar-refractivity contribution in [1.82, 2.24) is 29.0 Å². The number of nitrogens with zero attached hydrogens (tertiary/aromatic N) is 5. The maximum absolute atomic E-state index is 13.6. The Morgan fingerprint density at radius 2 is 2.03 bits per heavy atom. The number of hydrogen-bond acceptors (Lipinski definition) is 6. The van der Waals surface area contributed by atoms with Gasteiger partial charge in [-0.3, -0.25) is 9.36 Å². The summed E-state index contributed by atoms with van der Waals surface area (Å²) in [5.74, 6) is 1.32. The lowest BCUT2D eigenvalue weighted by molar-refractivity contribution is 0.531. The van der Waals surface area contributed by atoms with Gasteiger partial charge in [0.25, 0.3) is 5.56 Å². The fourth-order valence-electron chi connectivity index (χ4n) is 4.25. The van der Waals surface area contributed by atoms with Gasteiger partial charge < -0.3 is 4.55 Å². The van der Waals surface area contributed by atoms with E-state index in [1.54, 1.807) is 15.4 Å². The Morgan fingerprint density at radius 3 is 2.74 bits per heavy atom. The second kappa shape index (κ2) is 8.33. The van der Waals surface area contributed by atoms with Crippen molar-refractivity contribution < 1.29 is 4.55 Å². The van der Waals surface area contributed by atoms with Crippen molar-refractivity contribution >= 4 is 22.3 Å². The van der Waals surface area contributed by atoms with Crippen LogP contribution in [-0.2, 0) is 24.3 Å². The SMILES string of the molecule is Cc1cc([C@@H](C)N[S+]([O-])C(C)(C)C)c2nc3n(c(=O)c2c1)CCc1nn(-c2ccccn2)cc1-3. The van der Waals surface area contributed by atoms with E-state index in [0.717, 1.165) is 22.4 Å². The van der Waals surface area contributed by atoms with Crippen LogP contribution >= 0.6 is 0 Å². The van der Waals surface area contributed by atoms with E-state index in [1.165, 1.54) is 0 Å². The van der Waals surface area contributed by atoms with Crippen molar-refractivity contribution in [3.8, 4) is 17.2 Å². The number of pyridine rings is 1. The van der Waals surface area contributed by atoms with Gasteiger partial charge >= 0.3 is 0 Å². The number of aryl methyl sites for hydroxylation is 2. The summed E-state index contributed by atoms with van der Waals surface area (Å²) in [5.41, 5.74) is 4.12. The first-order chi connectivity index (χ1) is 16.1. The molecule has 5 rings (SSSR count). The Morgan fingerprint density at radius 1 is 1.24 bits per heavy atom. The lowest BCUT2D eigenvalue weighted by atomic mass is 10.0. The van der Waals surface area contributed by atoms with E-state index in [0.29, 0.717) is 35.5 Å². The third kappa shape index (κ3) is 3.93. The van der Waals surface area contributed by atoms with Gasteiger partial charge in [0.15, 0.2) is 5.82 Å². The Labute approximate surface area is 201 Å². The van der Waals surface area contributed by atoms with Gasteiger partial charge in [-0.2, -0.15) is 5.10 Å². The van der Waals surface area contributed by atoms with E-state index < -0.39 is 16.1 Å². The highest BCUT2D eigenvalue weighted by Gasteiger charge is 2.30. The zero-order valence-corrected chi connectivity index (χ0v) is 20.8. The van der Waals surface area contributed by atoms with Crippen LogP contribution in [0.15, 0.2) is 47.5 Å². The molecular weight excluding hydrogens is 448 g/mol. The maximum Gasteiger partial charge on any atom is 0.261 e. The van der Waals surface area contributed by atoms with Gasteiger partial charge in [-0.25, -0.2) is 14.6 Å². The number of hydrogen-bond donors (Lipinski definition) is 1. The molecular formula is C25H28N6O2S. The molecule has 1 aromatic carbocycles. The highest BCUT2D eigenvalue weighted by molar-refractivity contribution is 7.90. The van der Waals surface area contributed by atoms with Gasteiger partial charge in [0.05, 0.1) is 28.2 Å². The lowest BCUT2D eigenvalue weighted by Crippen LogP contribution is -2.40. The highest BCUT2D eigenvalue weighted by atomic mass is 32.2. The Kier molecular flexibility index (Phi) is 5.58. The van der Waals surface area contributed by atoms with Crippen molar-refractivity contribution in [2.24, 2.45) is 0 Å². The quantitative estimate of drug-likeness (QED) is 0.452. The van der Waals surface area contributed by atoms with Crippen LogP contribution in [0.1, 0.15) is 50.6 Å². The third-order valence-corrected chi connectivity index (χ3v) is 7.71. The van der Waals surface area contributed by atoms with E-state index in [2.05, 4.69) is 9.71 Å². The predicted molar refractivity (Wildman–Crippen MR) is 134 cm³/mol. The molecule has 1 aliphatic rings. The minimum absolute atomic E-state index is 0.0645. The monoisotopic (exact) mass is 476 g/mol. The molecule has 1 N–H and O–H groups in total. The van der Waals surface area contributed by atoms with Crippen LogP contribution in [0.25, 0.3) is 28.1 Å². The molecule has 0 amide bonds. The first-order valence-corrected chi connectivity index (χ1v) is 12.5. The molecule has 0 saturated carbocycles. The standard InChI is InChI=1S/C25H28N6O2S/c1-15-12-17(16(2)29-34(33)25(3,4)5)22-18(13-15)24(32)30-11-9-20-19(23(30)27-22)14-31(28-20)21-8-6-7-10-26-21/h6-8,10,12-14,16,29H,9,11H2,1-5H3/t16-,34?/m1/s1. The second-order valence-electron chi connectivity index (χ2n) is 9.74. The first-order valence-electron chi connectivity index (χ1n) is 11.4. The van der Waals surface area contributed by atoms with Gasteiger partial charge in [-0.05, 0) is 58.4 Å². The second-order valence-corrected chi connectivity index (χ2v) is 11.7. The predicted octanol–water partition coefficient (Wildman–Crippen LogP) is 3.62. The molecule has 0 spiro atoms. The molecule has 4 heterocycles. The van der Waals surface area contributed by atoms with Crippen molar-refractivity contribution in [3.05, 3.63) is 69.9 Å². The fourth-order valence-corrected chi connectivity index (χ4v) is 5.05. The summed E-state index contributed by atoms with van der Waals surface area (Å²) in [6.45, 7) is 10.2. The van der Waals surface area contributed by atoms with Crippen molar-refractivity contribution in [1.29, 1.82) is 0 Å². The summed E-state index contributed by atoms with van der Waals surface area (Å²) in [6, 6.07) is 9.32. The minimum atomic E-state index is -1.26. The number of aromatic nitrogens is 5. The average Bonchev–Trinajstić information content (AvgIpc) is 3.24. The van der Waals surface area contributed by atoms with Gasteiger partial charge in [-0.1, -0.05) is 12.1 Å². The Bertz CT molecular complexity index is 1440. The average molecular weight is 477 g/mol.